The molecule has 122 valence electrons. The van der Waals surface area contributed by atoms with Crippen LogP contribution in [0.2, 0.25) is 0 Å². The molecule has 0 bridgehead atoms. The van der Waals surface area contributed by atoms with Crippen molar-refractivity contribution < 1.29 is 19.1 Å². The topological polar surface area (TPSA) is 60.9 Å². The summed E-state index contributed by atoms with van der Waals surface area (Å²) in [6.45, 7) is 1.31. The highest BCUT2D eigenvalue weighted by atomic mass is 32.2. The SMILES string of the molecule is CN(C)CCN(Cc1ccccc1F)C(=O)CSCC(=O)O. The Hall–Kier alpha value is -1.60. The molecule has 1 rings (SSSR count). The molecule has 0 aromatic heterocycles. The monoisotopic (exact) mass is 328 g/mol. The molecule has 22 heavy (non-hydrogen) atoms. The largest absolute Gasteiger partial charge is 0.481 e. The second-order valence-electron chi connectivity index (χ2n) is 5.10. The van der Waals surface area contributed by atoms with Crippen LogP contribution in [0.25, 0.3) is 0 Å². The summed E-state index contributed by atoms with van der Waals surface area (Å²) in [5, 5.41) is 8.61. The number of carboxylic acid groups (broad SMARTS) is 1. The van der Waals surface area contributed by atoms with Gasteiger partial charge in [0.1, 0.15) is 5.82 Å². The number of carboxylic acids is 1. The molecule has 1 N–H and O–H groups in total. The number of thioether (sulfide) groups is 1. The van der Waals surface area contributed by atoms with Crippen LogP contribution in [0.5, 0.6) is 0 Å². The van der Waals surface area contributed by atoms with Crippen molar-refractivity contribution in [2.45, 2.75) is 6.54 Å². The lowest BCUT2D eigenvalue weighted by molar-refractivity contribution is -0.133. The van der Waals surface area contributed by atoms with Crippen LogP contribution in [0.3, 0.4) is 0 Å². The highest BCUT2D eigenvalue weighted by Crippen LogP contribution is 2.12. The van der Waals surface area contributed by atoms with E-state index in [1.54, 1.807) is 23.1 Å². The van der Waals surface area contributed by atoms with Gasteiger partial charge in [-0.3, -0.25) is 9.59 Å². The minimum absolute atomic E-state index is 0.0776. The number of hydrogen-bond donors (Lipinski definition) is 1. The third-order valence-corrected chi connectivity index (χ3v) is 3.84. The number of hydrogen-bond acceptors (Lipinski definition) is 4. The Bertz CT molecular complexity index is 511. The van der Waals surface area contributed by atoms with Gasteiger partial charge in [-0.2, -0.15) is 0 Å². The number of likely N-dealkylation sites (N-methyl/N-ethyl adjacent to an activating group) is 1. The summed E-state index contributed by atoms with van der Waals surface area (Å²) in [7, 11) is 3.79. The standard InChI is InChI=1S/C15H21FN2O3S/c1-17(2)7-8-18(14(19)10-22-11-15(20)21)9-12-5-3-4-6-13(12)16/h3-6H,7-11H2,1-2H3,(H,20,21). The fourth-order valence-electron chi connectivity index (χ4n) is 1.76. The van der Waals surface area contributed by atoms with Crippen molar-refractivity contribution >= 4 is 23.6 Å². The first-order valence-electron chi connectivity index (χ1n) is 6.85. The number of halogens is 1. The van der Waals surface area contributed by atoms with Gasteiger partial charge >= 0.3 is 5.97 Å². The van der Waals surface area contributed by atoms with Crippen molar-refractivity contribution in [3.8, 4) is 0 Å². The van der Waals surface area contributed by atoms with Gasteiger partial charge in [0.05, 0.1) is 11.5 Å². The van der Waals surface area contributed by atoms with Gasteiger partial charge in [0, 0.05) is 25.2 Å². The Balaban J connectivity index is 2.68. The van der Waals surface area contributed by atoms with Crippen LogP contribution in [-0.4, -0.2) is 65.5 Å². The van der Waals surface area contributed by atoms with E-state index >= 15 is 0 Å². The summed E-state index contributed by atoms with van der Waals surface area (Å²) < 4.78 is 13.7. The zero-order chi connectivity index (χ0) is 16.5. The number of amides is 1. The summed E-state index contributed by atoms with van der Waals surface area (Å²) in [6.07, 6.45) is 0. The van der Waals surface area contributed by atoms with Crippen LogP contribution in [0.4, 0.5) is 4.39 Å². The maximum Gasteiger partial charge on any atom is 0.313 e. The molecule has 1 aromatic rings. The van der Waals surface area contributed by atoms with Gasteiger partial charge in [-0.1, -0.05) is 18.2 Å². The summed E-state index contributed by atoms with van der Waals surface area (Å²) in [4.78, 5) is 26.2. The Labute approximate surface area is 134 Å². The number of aliphatic carboxylic acids is 1. The molecule has 5 nitrogen and oxygen atoms in total. The lowest BCUT2D eigenvalue weighted by atomic mass is 10.2. The molecule has 0 spiro atoms. The first-order valence-corrected chi connectivity index (χ1v) is 8.01. The van der Waals surface area contributed by atoms with E-state index in [0.29, 0.717) is 18.7 Å². The number of benzene rings is 1. The maximum atomic E-state index is 13.7. The second-order valence-corrected chi connectivity index (χ2v) is 6.08. The molecule has 0 heterocycles. The predicted octanol–water partition coefficient (Wildman–Crippen LogP) is 1.53. The first-order chi connectivity index (χ1) is 10.4. The van der Waals surface area contributed by atoms with E-state index in [4.69, 9.17) is 5.11 Å². The molecular formula is C15H21FN2O3S. The molecule has 0 aliphatic rings. The second kappa shape index (κ2) is 9.42. The van der Waals surface area contributed by atoms with Crippen molar-refractivity contribution in [3.63, 3.8) is 0 Å². The van der Waals surface area contributed by atoms with Gasteiger partial charge in [0.25, 0.3) is 0 Å². The summed E-state index contributed by atoms with van der Waals surface area (Å²) in [5.74, 6) is -1.52. The maximum absolute atomic E-state index is 13.7. The Morgan fingerprint density at radius 3 is 2.45 bits per heavy atom. The van der Waals surface area contributed by atoms with E-state index in [0.717, 1.165) is 11.8 Å². The van der Waals surface area contributed by atoms with Gasteiger partial charge in [-0.25, -0.2) is 4.39 Å². The highest BCUT2D eigenvalue weighted by molar-refractivity contribution is 8.00. The van der Waals surface area contributed by atoms with E-state index in [1.807, 2.05) is 19.0 Å². The van der Waals surface area contributed by atoms with Crippen LogP contribution < -0.4 is 0 Å². The van der Waals surface area contributed by atoms with Gasteiger partial charge in [0.2, 0.25) is 5.91 Å². The molecule has 0 aliphatic heterocycles. The average molecular weight is 328 g/mol. The fraction of sp³-hybridized carbons (Fsp3) is 0.467. The lowest BCUT2D eigenvalue weighted by Gasteiger charge is -2.24. The Kier molecular flexibility index (Phi) is 7.90. The number of carbonyl (C=O) groups is 2. The Morgan fingerprint density at radius 1 is 1.18 bits per heavy atom. The van der Waals surface area contributed by atoms with E-state index in [2.05, 4.69) is 0 Å². The smallest absolute Gasteiger partial charge is 0.313 e. The molecule has 0 aliphatic carbocycles. The molecule has 0 saturated carbocycles. The summed E-state index contributed by atoms with van der Waals surface area (Å²) in [6, 6.07) is 6.35. The van der Waals surface area contributed by atoms with Crippen molar-refractivity contribution in [2.24, 2.45) is 0 Å². The van der Waals surface area contributed by atoms with Crippen LogP contribution in [-0.2, 0) is 16.1 Å². The zero-order valence-corrected chi connectivity index (χ0v) is 13.6. The molecule has 0 radical (unpaired) electrons. The molecule has 1 aromatic carbocycles. The highest BCUT2D eigenvalue weighted by Gasteiger charge is 2.16. The number of rotatable bonds is 9. The third-order valence-electron chi connectivity index (χ3n) is 2.94. The van der Waals surface area contributed by atoms with Gasteiger partial charge < -0.3 is 14.9 Å². The molecule has 0 unspecified atom stereocenters. The van der Waals surface area contributed by atoms with Crippen molar-refractivity contribution in [3.05, 3.63) is 35.6 Å². The molecular weight excluding hydrogens is 307 g/mol. The quantitative estimate of drug-likeness (QED) is 0.745. The lowest BCUT2D eigenvalue weighted by Crippen LogP contribution is -2.37. The zero-order valence-electron chi connectivity index (χ0n) is 12.8. The van der Waals surface area contributed by atoms with Crippen LogP contribution >= 0.6 is 11.8 Å². The minimum atomic E-state index is -0.952. The molecule has 1 amide bonds. The first kappa shape index (κ1) is 18.4. The van der Waals surface area contributed by atoms with Crippen molar-refractivity contribution in [1.82, 2.24) is 9.80 Å². The van der Waals surface area contributed by atoms with Crippen molar-refractivity contribution in [1.29, 1.82) is 0 Å². The number of nitrogens with zero attached hydrogens (tertiary/aromatic N) is 2. The molecule has 7 heteroatoms. The summed E-state index contributed by atoms with van der Waals surface area (Å²) >= 11 is 1.05. The Morgan fingerprint density at radius 2 is 1.86 bits per heavy atom. The van der Waals surface area contributed by atoms with E-state index in [1.165, 1.54) is 6.07 Å². The van der Waals surface area contributed by atoms with Gasteiger partial charge in [-0.15, -0.1) is 11.8 Å². The van der Waals surface area contributed by atoms with Crippen LogP contribution in [0.15, 0.2) is 24.3 Å². The van der Waals surface area contributed by atoms with Crippen LogP contribution in [0, 0.1) is 5.82 Å². The van der Waals surface area contributed by atoms with E-state index < -0.39 is 5.97 Å². The van der Waals surface area contributed by atoms with Gasteiger partial charge in [0.15, 0.2) is 0 Å². The molecule has 0 saturated heterocycles. The average Bonchev–Trinajstić information content (AvgIpc) is 2.44. The van der Waals surface area contributed by atoms with E-state index in [-0.39, 0.29) is 29.8 Å². The minimum Gasteiger partial charge on any atom is -0.481 e. The van der Waals surface area contributed by atoms with Crippen LogP contribution in [0.1, 0.15) is 5.56 Å². The fourth-order valence-corrected chi connectivity index (χ4v) is 2.40. The third kappa shape index (κ3) is 6.91. The normalized spacial score (nSPS) is 10.7. The number of carbonyl (C=O) groups excluding carboxylic acids is 1. The molecule has 0 atom stereocenters. The summed E-state index contributed by atoms with van der Waals surface area (Å²) in [5.41, 5.74) is 0.456. The van der Waals surface area contributed by atoms with E-state index in [9.17, 15) is 14.0 Å². The van der Waals surface area contributed by atoms with Crippen molar-refractivity contribution in [2.75, 3.05) is 38.7 Å². The van der Waals surface area contributed by atoms with Gasteiger partial charge in [-0.05, 0) is 20.2 Å². The predicted molar refractivity (Wildman–Crippen MR) is 85.3 cm³/mol. The molecule has 0 fully saturated rings.